The Labute approximate surface area is 70.6 Å². The van der Waals surface area contributed by atoms with Crippen LogP contribution in [0.1, 0.15) is 16.3 Å². The number of primary amides is 1. The van der Waals surface area contributed by atoms with E-state index in [2.05, 4.69) is 9.97 Å². The van der Waals surface area contributed by atoms with E-state index in [1.54, 1.807) is 0 Å². The van der Waals surface area contributed by atoms with Crippen LogP contribution in [0.25, 0.3) is 0 Å². The molecule has 7 heteroatoms. The maximum atomic E-state index is 12.0. The van der Waals surface area contributed by atoms with Crippen molar-refractivity contribution in [2.45, 2.75) is 6.18 Å². The highest BCUT2D eigenvalue weighted by molar-refractivity contribution is 5.90. The zero-order valence-corrected chi connectivity index (χ0v) is 6.17. The molecule has 2 N–H and O–H groups in total. The molecule has 0 fully saturated rings. The van der Waals surface area contributed by atoms with Crippen LogP contribution in [-0.4, -0.2) is 15.9 Å². The minimum atomic E-state index is -4.66. The molecule has 0 bridgehead atoms. The molecule has 1 aromatic heterocycles. The first-order valence-electron chi connectivity index (χ1n) is 3.11. The lowest BCUT2D eigenvalue weighted by molar-refractivity contribution is -0.145. The van der Waals surface area contributed by atoms with Gasteiger partial charge in [-0.2, -0.15) is 13.2 Å². The number of rotatable bonds is 1. The molecular weight excluding hydrogens is 187 g/mol. The number of carbonyl (C=O) groups excluding carboxylic acids is 1. The minimum absolute atomic E-state index is 0.456. The standard InChI is InChI=1S/C6H4F3N3O/c7-6(8,9)5-11-2-1-3(12-5)4(10)13/h1-2H,(H2,10,13). The fraction of sp³-hybridized carbons (Fsp3) is 0.167. The van der Waals surface area contributed by atoms with E-state index in [0.29, 0.717) is 0 Å². The second-order valence-corrected chi connectivity index (χ2v) is 2.13. The van der Waals surface area contributed by atoms with E-state index in [1.165, 1.54) is 0 Å². The van der Waals surface area contributed by atoms with Gasteiger partial charge in [0.2, 0.25) is 5.82 Å². The Morgan fingerprint density at radius 3 is 2.54 bits per heavy atom. The highest BCUT2D eigenvalue weighted by Gasteiger charge is 2.34. The van der Waals surface area contributed by atoms with Crippen LogP contribution in [0.5, 0.6) is 0 Å². The molecule has 0 spiro atoms. The molecule has 0 aliphatic carbocycles. The van der Waals surface area contributed by atoms with Gasteiger partial charge < -0.3 is 5.73 Å². The van der Waals surface area contributed by atoms with Crippen molar-refractivity contribution in [2.24, 2.45) is 5.73 Å². The summed E-state index contributed by atoms with van der Waals surface area (Å²) in [6.07, 6.45) is -3.83. The summed E-state index contributed by atoms with van der Waals surface area (Å²) >= 11 is 0. The Hall–Kier alpha value is -1.66. The Balaban J connectivity index is 3.13. The van der Waals surface area contributed by atoms with Crippen molar-refractivity contribution in [1.29, 1.82) is 0 Å². The normalized spacial score (nSPS) is 11.3. The highest BCUT2D eigenvalue weighted by Crippen LogP contribution is 2.25. The van der Waals surface area contributed by atoms with Crippen molar-refractivity contribution in [1.82, 2.24) is 9.97 Å². The van der Waals surface area contributed by atoms with Crippen LogP contribution >= 0.6 is 0 Å². The summed E-state index contributed by atoms with van der Waals surface area (Å²) in [5.74, 6) is -2.39. The number of hydrogen-bond donors (Lipinski definition) is 1. The summed E-state index contributed by atoms with van der Waals surface area (Å²) in [7, 11) is 0. The summed E-state index contributed by atoms with van der Waals surface area (Å²) in [5, 5.41) is 0. The zero-order valence-electron chi connectivity index (χ0n) is 6.17. The molecule has 4 nitrogen and oxygen atoms in total. The van der Waals surface area contributed by atoms with E-state index in [-0.39, 0.29) is 0 Å². The second kappa shape index (κ2) is 3.00. The van der Waals surface area contributed by atoms with Gasteiger partial charge in [-0.3, -0.25) is 4.79 Å². The predicted octanol–water partition coefficient (Wildman–Crippen LogP) is 0.594. The molecule has 1 aromatic rings. The van der Waals surface area contributed by atoms with Crippen LogP contribution in [0, 0.1) is 0 Å². The first-order chi connectivity index (χ1) is 5.91. The molecule has 0 unspecified atom stereocenters. The Kier molecular flexibility index (Phi) is 2.18. The van der Waals surface area contributed by atoms with Gasteiger partial charge in [-0.1, -0.05) is 0 Å². The third kappa shape index (κ3) is 2.14. The van der Waals surface area contributed by atoms with E-state index in [1.807, 2.05) is 0 Å². The Bertz CT molecular complexity index is 336. The lowest BCUT2D eigenvalue weighted by Gasteiger charge is -2.03. The van der Waals surface area contributed by atoms with E-state index in [0.717, 1.165) is 12.3 Å². The van der Waals surface area contributed by atoms with Gasteiger partial charge in [0.05, 0.1) is 0 Å². The summed E-state index contributed by atoms with van der Waals surface area (Å²) in [6, 6.07) is 1.01. The number of aromatic nitrogens is 2. The summed E-state index contributed by atoms with van der Waals surface area (Å²) in [4.78, 5) is 16.3. The van der Waals surface area contributed by atoms with Crippen LogP contribution in [0.15, 0.2) is 12.3 Å². The van der Waals surface area contributed by atoms with Crippen LogP contribution in [0.2, 0.25) is 0 Å². The predicted molar refractivity (Wildman–Crippen MR) is 35.6 cm³/mol. The fourth-order valence-electron chi connectivity index (χ4n) is 0.633. The van der Waals surface area contributed by atoms with Gasteiger partial charge in [0, 0.05) is 6.20 Å². The van der Waals surface area contributed by atoms with Gasteiger partial charge >= 0.3 is 6.18 Å². The molecule has 0 aliphatic heterocycles. The molecule has 0 saturated heterocycles. The van der Waals surface area contributed by atoms with Crippen LogP contribution in [-0.2, 0) is 6.18 Å². The summed E-state index contributed by atoms with van der Waals surface area (Å²) in [5.41, 5.74) is 4.27. The third-order valence-corrected chi connectivity index (χ3v) is 1.16. The first-order valence-corrected chi connectivity index (χ1v) is 3.11. The van der Waals surface area contributed by atoms with Crippen LogP contribution in [0.3, 0.4) is 0 Å². The molecule has 1 amide bonds. The SMILES string of the molecule is NC(=O)c1ccnc(C(F)(F)F)n1. The Morgan fingerprint density at radius 2 is 2.08 bits per heavy atom. The maximum Gasteiger partial charge on any atom is 0.451 e. The smallest absolute Gasteiger partial charge is 0.364 e. The van der Waals surface area contributed by atoms with Gasteiger partial charge in [-0.15, -0.1) is 0 Å². The van der Waals surface area contributed by atoms with Crippen molar-refractivity contribution in [2.75, 3.05) is 0 Å². The van der Waals surface area contributed by atoms with E-state index in [9.17, 15) is 18.0 Å². The van der Waals surface area contributed by atoms with Crippen molar-refractivity contribution < 1.29 is 18.0 Å². The van der Waals surface area contributed by atoms with E-state index in [4.69, 9.17) is 5.73 Å². The number of nitrogens with zero attached hydrogens (tertiary/aromatic N) is 2. The van der Waals surface area contributed by atoms with Crippen LogP contribution < -0.4 is 5.73 Å². The lowest BCUT2D eigenvalue weighted by Crippen LogP contribution is -2.18. The van der Waals surface area contributed by atoms with Crippen molar-refractivity contribution in [3.63, 3.8) is 0 Å². The number of carbonyl (C=O) groups is 1. The number of alkyl halides is 3. The minimum Gasteiger partial charge on any atom is -0.364 e. The van der Waals surface area contributed by atoms with Crippen LogP contribution in [0.4, 0.5) is 13.2 Å². The quantitative estimate of drug-likeness (QED) is 0.706. The van der Waals surface area contributed by atoms with Gasteiger partial charge in [-0.25, -0.2) is 9.97 Å². The molecule has 0 radical (unpaired) electrons. The molecule has 0 saturated carbocycles. The molecular formula is C6H4F3N3O. The number of amides is 1. The van der Waals surface area contributed by atoms with E-state index >= 15 is 0 Å². The average molecular weight is 191 g/mol. The van der Waals surface area contributed by atoms with Crippen molar-refractivity contribution >= 4 is 5.91 Å². The highest BCUT2D eigenvalue weighted by atomic mass is 19.4. The maximum absolute atomic E-state index is 12.0. The van der Waals surface area contributed by atoms with Gasteiger partial charge in [0.25, 0.3) is 5.91 Å². The zero-order chi connectivity index (χ0) is 10.1. The molecule has 0 aliphatic rings. The number of hydrogen-bond acceptors (Lipinski definition) is 3. The number of nitrogens with two attached hydrogens (primary N) is 1. The molecule has 0 atom stereocenters. The first kappa shape index (κ1) is 9.43. The van der Waals surface area contributed by atoms with Gasteiger partial charge in [0.1, 0.15) is 5.69 Å². The van der Waals surface area contributed by atoms with Crippen molar-refractivity contribution in [3.05, 3.63) is 23.8 Å². The summed E-state index contributed by atoms with van der Waals surface area (Å²) in [6.45, 7) is 0. The molecule has 0 aromatic carbocycles. The molecule has 1 heterocycles. The monoisotopic (exact) mass is 191 g/mol. The van der Waals surface area contributed by atoms with Gasteiger partial charge in [-0.05, 0) is 6.07 Å². The second-order valence-electron chi connectivity index (χ2n) is 2.13. The lowest BCUT2D eigenvalue weighted by atomic mass is 10.4. The number of halogens is 3. The molecule has 1 rings (SSSR count). The average Bonchev–Trinajstić information content (AvgIpc) is 2.03. The molecule has 70 valence electrons. The summed E-state index contributed by atoms with van der Waals surface area (Å²) < 4.78 is 35.9. The third-order valence-electron chi connectivity index (χ3n) is 1.16. The molecule has 13 heavy (non-hydrogen) atoms. The fourth-order valence-corrected chi connectivity index (χ4v) is 0.633. The topological polar surface area (TPSA) is 68.9 Å². The van der Waals surface area contributed by atoms with E-state index < -0.39 is 23.6 Å². The Morgan fingerprint density at radius 1 is 1.46 bits per heavy atom. The largest absolute Gasteiger partial charge is 0.451 e. The van der Waals surface area contributed by atoms with Crippen molar-refractivity contribution in [3.8, 4) is 0 Å². The van der Waals surface area contributed by atoms with Gasteiger partial charge in [0.15, 0.2) is 0 Å².